The van der Waals surface area contributed by atoms with Gasteiger partial charge < -0.3 is 0 Å². The number of aromatic nitrogens is 1. The molecule has 94 valence electrons. The Hall–Kier alpha value is -1.71. The van der Waals surface area contributed by atoms with Crippen molar-refractivity contribution in [2.24, 2.45) is 5.84 Å². The highest BCUT2D eigenvalue weighted by atomic mass is 15.2. The minimum atomic E-state index is 0.0479. The van der Waals surface area contributed by atoms with Crippen LogP contribution in [-0.2, 0) is 6.42 Å². The topological polar surface area (TPSA) is 50.9 Å². The van der Waals surface area contributed by atoms with Crippen LogP contribution in [-0.4, -0.2) is 4.98 Å². The molecule has 0 aliphatic rings. The maximum Gasteiger partial charge on any atom is 0.0672 e. The molecule has 0 bridgehead atoms. The van der Waals surface area contributed by atoms with Crippen molar-refractivity contribution < 1.29 is 0 Å². The largest absolute Gasteiger partial charge is 0.271 e. The molecule has 0 aliphatic heterocycles. The van der Waals surface area contributed by atoms with Crippen molar-refractivity contribution in [2.75, 3.05) is 0 Å². The average molecular weight is 241 g/mol. The Morgan fingerprint density at radius 3 is 2.61 bits per heavy atom. The third kappa shape index (κ3) is 3.15. The van der Waals surface area contributed by atoms with Crippen LogP contribution >= 0.6 is 0 Å². The van der Waals surface area contributed by atoms with Gasteiger partial charge >= 0.3 is 0 Å². The first-order chi connectivity index (χ1) is 8.69. The Morgan fingerprint density at radius 2 is 1.94 bits per heavy atom. The number of nitrogens with two attached hydrogens (primary N) is 1. The van der Waals surface area contributed by atoms with Crippen molar-refractivity contribution >= 4 is 0 Å². The van der Waals surface area contributed by atoms with Gasteiger partial charge in [0.05, 0.1) is 11.7 Å². The molecule has 1 aromatic carbocycles. The highest BCUT2D eigenvalue weighted by Gasteiger charge is 2.12. The van der Waals surface area contributed by atoms with Crippen molar-refractivity contribution in [1.29, 1.82) is 0 Å². The zero-order valence-electron chi connectivity index (χ0n) is 10.9. The number of rotatable bonds is 4. The molecule has 0 saturated carbocycles. The lowest BCUT2D eigenvalue weighted by Gasteiger charge is -2.16. The molecule has 1 atom stereocenters. The first kappa shape index (κ1) is 12.7. The van der Waals surface area contributed by atoms with Gasteiger partial charge in [-0.05, 0) is 38.0 Å². The third-order valence-electron chi connectivity index (χ3n) is 2.99. The number of nitrogens with zero attached hydrogens (tertiary/aromatic N) is 1. The quantitative estimate of drug-likeness (QED) is 0.638. The number of pyridine rings is 1. The van der Waals surface area contributed by atoms with E-state index < -0.39 is 0 Å². The summed E-state index contributed by atoms with van der Waals surface area (Å²) >= 11 is 0. The van der Waals surface area contributed by atoms with Crippen LogP contribution in [0.3, 0.4) is 0 Å². The highest BCUT2D eigenvalue weighted by Crippen LogP contribution is 2.17. The summed E-state index contributed by atoms with van der Waals surface area (Å²) in [5.41, 5.74) is 7.38. The Labute approximate surface area is 108 Å². The lowest BCUT2D eigenvalue weighted by molar-refractivity contribution is 0.537. The minimum absolute atomic E-state index is 0.0479. The van der Waals surface area contributed by atoms with Gasteiger partial charge in [-0.1, -0.05) is 35.9 Å². The van der Waals surface area contributed by atoms with E-state index in [9.17, 15) is 0 Å². The van der Waals surface area contributed by atoms with Crippen molar-refractivity contribution in [3.05, 3.63) is 65.0 Å². The molecule has 0 aliphatic carbocycles. The Balaban J connectivity index is 2.19. The van der Waals surface area contributed by atoms with E-state index in [0.29, 0.717) is 0 Å². The summed E-state index contributed by atoms with van der Waals surface area (Å²) in [7, 11) is 0. The van der Waals surface area contributed by atoms with Gasteiger partial charge in [-0.2, -0.15) is 0 Å². The second-order valence-electron chi connectivity index (χ2n) is 4.62. The fourth-order valence-electron chi connectivity index (χ4n) is 2.08. The number of hydrazine groups is 1. The van der Waals surface area contributed by atoms with Crippen molar-refractivity contribution in [2.45, 2.75) is 26.3 Å². The predicted molar refractivity (Wildman–Crippen MR) is 73.9 cm³/mol. The summed E-state index contributed by atoms with van der Waals surface area (Å²) in [4.78, 5) is 4.52. The average Bonchev–Trinajstić information content (AvgIpc) is 2.36. The van der Waals surface area contributed by atoms with E-state index in [2.05, 4.69) is 41.6 Å². The van der Waals surface area contributed by atoms with Crippen molar-refractivity contribution in [3.63, 3.8) is 0 Å². The van der Waals surface area contributed by atoms with Gasteiger partial charge in [0.25, 0.3) is 0 Å². The Bertz CT molecular complexity index is 523. The highest BCUT2D eigenvalue weighted by molar-refractivity contribution is 5.25. The molecule has 3 N–H and O–H groups in total. The smallest absolute Gasteiger partial charge is 0.0672 e. The van der Waals surface area contributed by atoms with E-state index in [0.717, 1.165) is 17.8 Å². The Kier molecular flexibility index (Phi) is 4.07. The molecule has 2 aromatic rings. The summed E-state index contributed by atoms with van der Waals surface area (Å²) in [5.74, 6) is 5.65. The van der Waals surface area contributed by atoms with Gasteiger partial charge in [-0.3, -0.25) is 16.3 Å². The molecule has 0 saturated heterocycles. The number of benzene rings is 1. The van der Waals surface area contributed by atoms with Gasteiger partial charge in [0.15, 0.2) is 0 Å². The van der Waals surface area contributed by atoms with Crippen LogP contribution in [0.1, 0.15) is 28.6 Å². The fraction of sp³-hybridized carbons (Fsp3) is 0.267. The molecule has 18 heavy (non-hydrogen) atoms. The van der Waals surface area contributed by atoms with Gasteiger partial charge in [0.1, 0.15) is 0 Å². The van der Waals surface area contributed by atoms with Crippen molar-refractivity contribution in [3.8, 4) is 0 Å². The number of hydrogen-bond donors (Lipinski definition) is 2. The van der Waals surface area contributed by atoms with E-state index >= 15 is 0 Å². The first-order valence-corrected chi connectivity index (χ1v) is 6.14. The molecule has 0 amide bonds. The van der Waals surface area contributed by atoms with E-state index in [1.807, 2.05) is 25.1 Å². The predicted octanol–water partition coefficient (Wildman–Crippen LogP) is 2.45. The number of nitrogens with one attached hydrogen (secondary N) is 1. The SMILES string of the molecule is Cc1cccc(CC(NN)c2cccc(C)n2)c1. The summed E-state index contributed by atoms with van der Waals surface area (Å²) in [5, 5.41) is 0. The third-order valence-corrected chi connectivity index (χ3v) is 2.99. The molecular weight excluding hydrogens is 222 g/mol. The van der Waals surface area contributed by atoms with Gasteiger partial charge in [0, 0.05) is 5.69 Å². The van der Waals surface area contributed by atoms with Crippen LogP contribution in [0.5, 0.6) is 0 Å². The van der Waals surface area contributed by atoms with E-state index in [4.69, 9.17) is 5.84 Å². The molecule has 2 rings (SSSR count). The standard InChI is InChI=1S/C15H19N3/c1-11-5-3-7-13(9-11)10-15(18-16)14-8-4-6-12(2)17-14/h3-9,15,18H,10,16H2,1-2H3. The zero-order chi connectivity index (χ0) is 13.0. The van der Waals surface area contributed by atoms with Crippen LogP contribution in [0.2, 0.25) is 0 Å². The lowest BCUT2D eigenvalue weighted by atomic mass is 10.0. The molecule has 3 heteroatoms. The second kappa shape index (κ2) is 5.76. The molecule has 0 radical (unpaired) electrons. The monoisotopic (exact) mass is 241 g/mol. The molecule has 0 fully saturated rings. The van der Waals surface area contributed by atoms with Gasteiger partial charge in [0.2, 0.25) is 0 Å². The van der Waals surface area contributed by atoms with E-state index in [1.54, 1.807) is 0 Å². The Morgan fingerprint density at radius 1 is 1.17 bits per heavy atom. The van der Waals surface area contributed by atoms with Crippen LogP contribution in [0.15, 0.2) is 42.5 Å². The summed E-state index contributed by atoms with van der Waals surface area (Å²) < 4.78 is 0. The second-order valence-corrected chi connectivity index (χ2v) is 4.62. The number of hydrogen-bond acceptors (Lipinski definition) is 3. The fourth-order valence-corrected chi connectivity index (χ4v) is 2.08. The van der Waals surface area contributed by atoms with Crippen LogP contribution in [0.4, 0.5) is 0 Å². The van der Waals surface area contributed by atoms with E-state index in [1.165, 1.54) is 11.1 Å². The van der Waals surface area contributed by atoms with Crippen molar-refractivity contribution in [1.82, 2.24) is 10.4 Å². The molecule has 0 spiro atoms. The summed E-state index contributed by atoms with van der Waals surface area (Å²) in [6, 6.07) is 14.5. The van der Waals surface area contributed by atoms with Crippen LogP contribution in [0, 0.1) is 13.8 Å². The number of aryl methyl sites for hydroxylation is 2. The van der Waals surface area contributed by atoms with Gasteiger partial charge in [-0.25, -0.2) is 0 Å². The molecule has 1 aromatic heterocycles. The lowest BCUT2D eigenvalue weighted by Crippen LogP contribution is -2.30. The molecule has 1 unspecified atom stereocenters. The van der Waals surface area contributed by atoms with Crippen LogP contribution in [0.25, 0.3) is 0 Å². The molecular formula is C15H19N3. The van der Waals surface area contributed by atoms with Crippen LogP contribution < -0.4 is 11.3 Å². The normalized spacial score (nSPS) is 12.4. The summed E-state index contributed by atoms with van der Waals surface area (Å²) in [6.07, 6.45) is 0.842. The van der Waals surface area contributed by atoms with E-state index in [-0.39, 0.29) is 6.04 Å². The maximum absolute atomic E-state index is 5.65. The summed E-state index contributed by atoms with van der Waals surface area (Å²) in [6.45, 7) is 4.09. The zero-order valence-corrected chi connectivity index (χ0v) is 10.9. The molecule has 3 nitrogen and oxygen atoms in total. The molecule has 1 heterocycles. The first-order valence-electron chi connectivity index (χ1n) is 6.14. The minimum Gasteiger partial charge on any atom is -0.271 e. The van der Waals surface area contributed by atoms with Gasteiger partial charge in [-0.15, -0.1) is 0 Å². The maximum atomic E-state index is 5.65.